The highest BCUT2D eigenvalue weighted by Crippen LogP contribution is 2.26. The molecule has 0 heterocycles. The molecule has 0 bridgehead atoms. The first-order valence-corrected chi connectivity index (χ1v) is 7.56. The van der Waals surface area contributed by atoms with E-state index in [0.717, 1.165) is 12.8 Å². The highest BCUT2D eigenvalue weighted by atomic mass is 16.5. The Bertz CT molecular complexity index is 388. The maximum atomic E-state index is 12.0. The monoisotopic (exact) mass is 299 g/mol. The summed E-state index contributed by atoms with van der Waals surface area (Å²) in [7, 11) is 0. The molecule has 1 aliphatic carbocycles. The molecule has 1 rings (SSSR count). The van der Waals surface area contributed by atoms with Crippen LogP contribution in [0.5, 0.6) is 0 Å². The zero-order valence-corrected chi connectivity index (χ0v) is 12.9. The highest BCUT2D eigenvalue weighted by Gasteiger charge is 2.31. The Morgan fingerprint density at radius 2 is 1.71 bits per heavy atom. The molecule has 0 spiro atoms. The summed E-state index contributed by atoms with van der Waals surface area (Å²) in [5.74, 6) is -2.71. The van der Waals surface area contributed by atoms with Gasteiger partial charge in [-0.2, -0.15) is 0 Å². The number of carbonyl (C=O) groups is 3. The SMILES string of the molecule is CCOC(=O)C1CCC(NC(=O)C(C)C(C)C(=O)O)CC1. The molecular formula is C15H25NO5. The van der Waals surface area contributed by atoms with E-state index in [1.807, 2.05) is 0 Å². The van der Waals surface area contributed by atoms with Gasteiger partial charge in [0.05, 0.1) is 18.4 Å². The van der Waals surface area contributed by atoms with Crippen LogP contribution in [0.15, 0.2) is 0 Å². The van der Waals surface area contributed by atoms with Crippen molar-refractivity contribution in [1.82, 2.24) is 5.32 Å². The molecule has 0 aliphatic heterocycles. The van der Waals surface area contributed by atoms with Gasteiger partial charge in [-0.05, 0) is 32.6 Å². The molecule has 120 valence electrons. The third-order valence-electron chi connectivity index (χ3n) is 4.25. The molecule has 6 heteroatoms. The molecular weight excluding hydrogens is 274 g/mol. The van der Waals surface area contributed by atoms with Gasteiger partial charge in [-0.3, -0.25) is 14.4 Å². The van der Waals surface area contributed by atoms with Crippen LogP contribution in [0.1, 0.15) is 46.5 Å². The van der Waals surface area contributed by atoms with E-state index >= 15 is 0 Å². The number of carboxylic acid groups (broad SMARTS) is 1. The third kappa shape index (κ3) is 5.02. The second kappa shape index (κ2) is 8.00. The summed E-state index contributed by atoms with van der Waals surface area (Å²) in [6.07, 6.45) is 2.85. The van der Waals surface area contributed by atoms with Crippen molar-refractivity contribution in [3.63, 3.8) is 0 Å². The van der Waals surface area contributed by atoms with E-state index in [-0.39, 0.29) is 23.8 Å². The molecule has 6 nitrogen and oxygen atoms in total. The number of hydrogen-bond donors (Lipinski definition) is 2. The molecule has 21 heavy (non-hydrogen) atoms. The molecule has 0 aromatic rings. The lowest BCUT2D eigenvalue weighted by Gasteiger charge is -2.29. The smallest absolute Gasteiger partial charge is 0.308 e. The Kier molecular flexibility index (Phi) is 6.65. The lowest BCUT2D eigenvalue weighted by Crippen LogP contribution is -2.43. The summed E-state index contributed by atoms with van der Waals surface area (Å²) < 4.78 is 5.00. The third-order valence-corrected chi connectivity index (χ3v) is 4.25. The maximum absolute atomic E-state index is 12.0. The minimum absolute atomic E-state index is 0.0200. The van der Waals surface area contributed by atoms with Crippen molar-refractivity contribution in [1.29, 1.82) is 0 Å². The number of carbonyl (C=O) groups excluding carboxylic acids is 2. The topological polar surface area (TPSA) is 92.7 Å². The molecule has 2 unspecified atom stereocenters. The van der Waals surface area contributed by atoms with Gasteiger partial charge in [0.2, 0.25) is 5.91 Å². The zero-order valence-electron chi connectivity index (χ0n) is 12.9. The summed E-state index contributed by atoms with van der Waals surface area (Å²) in [4.78, 5) is 34.5. The maximum Gasteiger partial charge on any atom is 0.308 e. The minimum Gasteiger partial charge on any atom is -0.481 e. The van der Waals surface area contributed by atoms with Gasteiger partial charge in [-0.15, -0.1) is 0 Å². The lowest BCUT2D eigenvalue weighted by atomic mass is 9.85. The Morgan fingerprint density at radius 3 is 2.19 bits per heavy atom. The number of rotatable bonds is 6. The van der Waals surface area contributed by atoms with Gasteiger partial charge in [-0.1, -0.05) is 13.8 Å². The molecule has 0 radical (unpaired) electrons. The Hall–Kier alpha value is -1.59. The molecule has 2 N–H and O–H groups in total. The lowest BCUT2D eigenvalue weighted by molar-refractivity contribution is -0.149. The Morgan fingerprint density at radius 1 is 1.14 bits per heavy atom. The first kappa shape index (κ1) is 17.5. The van der Waals surface area contributed by atoms with E-state index in [0.29, 0.717) is 19.4 Å². The Balaban J connectivity index is 2.40. The number of aliphatic carboxylic acids is 1. The van der Waals surface area contributed by atoms with Gasteiger partial charge >= 0.3 is 11.9 Å². The number of amides is 1. The van der Waals surface area contributed by atoms with E-state index in [4.69, 9.17) is 9.84 Å². The van der Waals surface area contributed by atoms with Crippen LogP contribution in [0.25, 0.3) is 0 Å². The number of carboxylic acids is 1. The van der Waals surface area contributed by atoms with Crippen LogP contribution >= 0.6 is 0 Å². The molecule has 2 atom stereocenters. The van der Waals surface area contributed by atoms with Gasteiger partial charge in [0.25, 0.3) is 0 Å². The van der Waals surface area contributed by atoms with Crippen LogP contribution in [-0.2, 0) is 19.1 Å². The van der Waals surface area contributed by atoms with E-state index in [9.17, 15) is 14.4 Å². The van der Waals surface area contributed by atoms with Crippen molar-refractivity contribution in [2.75, 3.05) is 6.61 Å². The van der Waals surface area contributed by atoms with Crippen molar-refractivity contribution in [3.8, 4) is 0 Å². The van der Waals surface area contributed by atoms with Crippen LogP contribution < -0.4 is 5.32 Å². The quantitative estimate of drug-likeness (QED) is 0.726. The standard InChI is InChI=1S/C15H25NO5/c1-4-21-15(20)11-5-7-12(8-6-11)16-13(17)9(2)10(3)14(18)19/h9-12H,4-8H2,1-3H3,(H,16,17)(H,18,19). The molecule has 0 aromatic heterocycles. The predicted octanol–water partition coefficient (Wildman–Crippen LogP) is 1.58. The Labute approximate surface area is 125 Å². The summed E-state index contributed by atoms with van der Waals surface area (Å²) in [6, 6.07) is 0.0200. The van der Waals surface area contributed by atoms with Gasteiger partial charge in [0.1, 0.15) is 0 Å². The van der Waals surface area contributed by atoms with E-state index in [1.54, 1.807) is 13.8 Å². The van der Waals surface area contributed by atoms with Crippen LogP contribution in [0.4, 0.5) is 0 Å². The average Bonchev–Trinajstić information content (AvgIpc) is 2.46. The summed E-state index contributed by atoms with van der Waals surface area (Å²) in [5, 5.41) is 11.8. The van der Waals surface area contributed by atoms with Gasteiger partial charge < -0.3 is 15.2 Å². The second-order valence-electron chi connectivity index (χ2n) is 5.72. The fourth-order valence-electron chi connectivity index (χ4n) is 2.51. The molecule has 1 amide bonds. The van der Waals surface area contributed by atoms with E-state index in [2.05, 4.69) is 5.32 Å². The van der Waals surface area contributed by atoms with Crippen molar-refractivity contribution < 1.29 is 24.2 Å². The van der Waals surface area contributed by atoms with Crippen molar-refractivity contribution >= 4 is 17.8 Å². The molecule has 0 saturated heterocycles. The molecule has 0 aromatic carbocycles. The zero-order chi connectivity index (χ0) is 16.0. The summed E-state index contributed by atoms with van der Waals surface area (Å²) >= 11 is 0. The van der Waals surface area contributed by atoms with Crippen molar-refractivity contribution in [3.05, 3.63) is 0 Å². The van der Waals surface area contributed by atoms with Crippen molar-refractivity contribution in [2.24, 2.45) is 17.8 Å². The molecule has 1 aliphatic rings. The first-order valence-electron chi connectivity index (χ1n) is 7.56. The summed E-state index contributed by atoms with van der Waals surface area (Å²) in [6.45, 7) is 5.33. The highest BCUT2D eigenvalue weighted by molar-refractivity contribution is 5.84. The van der Waals surface area contributed by atoms with Crippen molar-refractivity contribution in [2.45, 2.75) is 52.5 Å². The molecule has 1 fully saturated rings. The fraction of sp³-hybridized carbons (Fsp3) is 0.800. The minimum atomic E-state index is -0.969. The average molecular weight is 299 g/mol. The van der Waals surface area contributed by atoms with Crippen LogP contribution in [0.3, 0.4) is 0 Å². The van der Waals surface area contributed by atoms with Crippen LogP contribution in [-0.4, -0.2) is 35.6 Å². The molecule has 1 saturated carbocycles. The van der Waals surface area contributed by atoms with E-state index < -0.39 is 17.8 Å². The van der Waals surface area contributed by atoms with Gasteiger partial charge in [-0.25, -0.2) is 0 Å². The van der Waals surface area contributed by atoms with Gasteiger partial charge in [0.15, 0.2) is 0 Å². The first-order chi connectivity index (χ1) is 9.86. The predicted molar refractivity (Wildman–Crippen MR) is 76.5 cm³/mol. The number of hydrogen-bond acceptors (Lipinski definition) is 4. The summed E-state index contributed by atoms with van der Waals surface area (Å²) in [5.41, 5.74) is 0. The number of nitrogens with one attached hydrogen (secondary N) is 1. The number of ether oxygens (including phenoxy) is 1. The normalized spacial score (nSPS) is 24.7. The van der Waals surface area contributed by atoms with E-state index in [1.165, 1.54) is 6.92 Å². The second-order valence-corrected chi connectivity index (χ2v) is 5.72. The number of esters is 1. The van der Waals surface area contributed by atoms with Gasteiger partial charge in [0, 0.05) is 12.0 Å². The largest absolute Gasteiger partial charge is 0.481 e. The van der Waals surface area contributed by atoms with Crippen LogP contribution in [0, 0.1) is 17.8 Å². The fourth-order valence-corrected chi connectivity index (χ4v) is 2.51. The van der Waals surface area contributed by atoms with Crippen LogP contribution in [0.2, 0.25) is 0 Å².